The maximum atomic E-state index is 6.38. The first-order chi connectivity index (χ1) is 9.20. The lowest BCUT2D eigenvalue weighted by Gasteiger charge is -2.35. The average molecular weight is 274 g/mol. The summed E-state index contributed by atoms with van der Waals surface area (Å²) in [4.78, 5) is 0. The second kappa shape index (κ2) is 4.87. The van der Waals surface area contributed by atoms with Crippen LogP contribution in [0.1, 0.15) is 28.7 Å². The lowest BCUT2D eigenvalue weighted by atomic mass is 9.72. The Morgan fingerprint density at radius 1 is 1.26 bits per heavy atom. The summed E-state index contributed by atoms with van der Waals surface area (Å²) >= 11 is 6.16. The first-order valence-electron chi connectivity index (χ1n) is 6.37. The first kappa shape index (κ1) is 12.5. The fourth-order valence-electron chi connectivity index (χ4n) is 2.74. The summed E-state index contributed by atoms with van der Waals surface area (Å²) in [6.45, 7) is 0. The Hall–Kier alpha value is -1.51. The van der Waals surface area contributed by atoms with Crippen molar-refractivity contribution in [2.24, 2.45) is 5.73 Å². The van der Waals surface area contributed by atoms with Crippen LogP contribution < -0.4 is 10.5 Å². The molecule has 0 bridgehead atoms. The fraction of sp³-hybridized carbons (Fsp3) is 0.250. The van der Waals surface area contributed by atoms with Crippen LogP contribution in [-0.4, -0.2) is 7.11 Å². The minimum atomic E-state index is -0.0155. The Kier molecular flexibility index (Phi) is 3.21. The van der Waals surface area contributed by atoms with E-state index < -0.39 is 0 Å². The smallest absolute Gasteiger partial charge is 0.137 e. The van der Waals surface area contributed by atoms with Crippen LogP contribution in [0.25, 0.3) is 0 Å². The van der Waals surface area contributed by atoms with Gasteiger partial charge in [0.2, 0.25) is 0 Å². The van der Waals surface area contributed by atoms with Gasteiger partial charge < -0.3 is 10.5 Å². The maximum Gasteiger partial charge on any atom is 0.137 e. The molecule has 2 nitrogen and oxygen atoms in total. The van der Waals surface area contributed by atoms with Gasteiger partial charge in [0.25, 0.3) is 0 Å². The highest BCUT2D eigenvalue weighted by atomic mass is 35.5. The van der Waals surface area contributed by atoms with Gasteiger partial charge in [-0.1, -0.05) is 41.9 Å². The molecule has 0 radical (unpaired) electrons. The van der Waals surface area contributed by atoms with Crippen LogP contribution in [0.4, 0.5) is 0 Å². The second-order valence-electron chi connectivity index (χ2n) is 4.93. The summed E-state index contributed by atoms with van der Waals surface area (Å²) in [6.07, 6.45) is 1.04. The Morgan fingerprint density at radius 2 is 2.05 bits per heavy atom. The molecule has 3 rings (SSSR count). The topological polar surface area (TPSA) is 35.2 Å². The van der Waals surface area contributed by atoms with Crippen molar-refractivity contribution in [3.05, 3.63) is 64.2 Å². The van der Waals surface area contributed by atoms with Crippen LogP contribution in [0.3, 0.4) is 0 Å². The van der Waals surface area contributed by atoms with Crippen LogP contribution >= 0.6 is 11.6 Å². The van der Waals surface area contributed by atoms with Crippen molar-refractivity contribution in [1.82, 2.24) is 0 Å². The molecule has 2 aromatic carbocycles. The van der Waals surface area contributed by atoms with Gasteiger partial charge >= 0.3 is 0 Å². The molecule has 0 saturated heterocycles. The summed E-state index contributed by atoms with van der Waals surface area (Å²) in [5, 5.41) is 0.614. The molecule has 0 spiro atoms. The van der Waals surface area contributed by atoms with Crippen molar-refractivity contribution in [3.8, 4) is 5.75 Å². The van der Waals surface area contributed by atoms with Gasteiger partial charge in [-0.3, -0.25) is 0 Å². The Labute approximate surface area is 118 Å². The van der Waals surface area contributed by atoms with Gasteiger partial charge in [0.05, 0.1) is 12.1 Å². The number of halogens is 1. The van der Waals surface area contributed by atoms with Crippen molar-refractivity contribution in [2.45, 2.75) is 18.4 Å². The van der Waals surface area contributed by atoms with Crippen LogP contribution in [0, 0.1) is 0 Å². The predicted molar refractivity (Wildman–Crippen MR) is 77.8 cm³/mol. The molecule has 2 aromatic rings. The minimum Gasteiger partial charge on any atom is -0.495 e. The molecule has 2 atom stereocenters. The van der Waals surface area contributed by atoms with Crippen LogP contribution in [0.15, 0.2) is 42.5 Å². The number of hydrogen-bond donors (Lipinski definition) is 1. The molecular formula is C16H16ClNO. The van der Waals surface area contributed by atoms with E-state index in [0.29, 0.717) is 16.7 Å². The van der Waals surface area contributed by atoms with E-state index in [9.17, 15) is 0 Å². The molecule has 19 heavy (non-hydrogen) atoms. The van der Waals surface area contributed by atoms with Gasteiger partial charge in [0.15, 0.2) is 0 Å². The third kappa shape index (κ3) is 2.11. The van der Waals surface area contributed by atoms with Gasteiger partial charge in [0.1, 0.15) is 5.75 Å². The van der Waals surface area contributed by atoms with E-state index in [4.69, 9.17) is 22.1 Å². The highest BCUT2D eigenvalue weighted by Gasteiger charge is 2.31. The van der Waals surface area contributed by atoms with E-state index in [2.05, 4.69) is 24.3 Å². The molecule has 0 fully saturated rings. The molecule has 0 aliphatic heterocycles. The third-order valence-electron chi connectivity index (χ3n) is 3.89. The Bertz CT molecular complexity index is 611. The normalized spacial score (nSPS) is 18.4. The summed E-state index contributed by atoms with van der Waals surface area (Å²) in [5.74, 6) is 1.08. The quantitative estimate of drug-likeness (QED) is 0.926. The van der Waals surface area contributed by atoms with Crippen molar-refractivity contribution in [2.75, 3.05) is 7.11 Å². The molecule has 0 heterocycles. The molecule has 0 aromatic heterocycles. The monoisotopic (exact) mass is 273 g/mol. The van der Waals surface area contributed by atoms with Crippen LogP contribution in [0.2, 0.25) is 5.02 Å². The number of rotatable bonds is 3. The zero-order valence-electron chi connectivity index (χ0n) is 10.8. The minimum absolute atomic E-state index is 0.0155. The molecular weight excluding hydrogens is 258 g/mol. The van der Waals surface area contributed by atoms with E-state index in [1.807, 2.05) is 18.2 Å². The van der Waals surface area contributed by atoms with E-state index in [1.54, 1.807) is 7.11 Å². The largest absolute Gasteiger partial charge is 0.495 e. The molecule has 2 N–H and O–H groups in total. The number of benzene rings is 2. The van der Waals surface area contributed by atoms with Gasteiger partial charge in [-0.05, 0) is 35.2 Å². The standard InChI is InChI=1S/C16H16ClNO/c1-19-15-7-6-11(9-14(15)17)16(18)13-8-10-4-2-3-5-12(10)13/h2-7,9,13,16H,8,18H2,1H3. The second-order valence-corrected chi connectivity index (χ2v) is 5.34. The molecule has 0 amide bonds. The van der Waals surface area contributed by atoms with E-state index in [0.717, 1.165) is 12.0 Å². The number of methoxy groups -OCH3 is 1. The zero-order chi connectivity index (χ0) is 13.4. The molecule has 1 aliphatic carbocycles. The fourth-order valence-corrected chi connectivity index (χ4v) is 3.01. The first-order valence-corrected chi connectivity index (χ1v) is 6.75. The number of ether oxygens (including phenoxy) is 1. The molecule has 0 saturated carbocycles. The molecule has 98 valence electrons. The lowest BCUT2D eigenvalue weighted by molar-refractivity contribution is 0.414. The SMILES string of the molecule is COc1ccc(C(N)C2Cc3ccccc32)cc1Cl. The van der Waals surface area contributed by atoms with Gasteiger partial charge in [0, 0.05) is 12.0 Å². The van der Waals surface area contributed by atoms with E-state index in [-0.39, 0.29) is 6.04 Å². The van der Waals surface area contributed by atoms with Gasteiger partial charge in [-0.25, -0.2) is 0 Å². The summed E-state index contributed by atoms with van der Waals surface area (Å²) in [5.41, 5.74) is 10.2. The summed E-state index contributed by atoms with van der Waals surface area (Å²) < 4.78 is 5.16. The lowest BCUT2D eigenvalue weighted by Crippen LogP contribution is -2.28. The number of nitrogens with two attached hydrogens (primary N) is 1. The van der Waals surface area contributed by atoms with Crippen LogP contribution in [0.5, 0.6) is 5.75 Å². The summed E-state index contributed by atoms with van der Waals surface area (Å²) in [7, 11) is 1.61. The van der Waals surface area contributed by atoms with E-state index >= 15 is 0 Å². The van der Waals surface area contributed by atoms with Crippen molar-refractivity contribution < 1.29 is 4.74 Å². The number of fused-ring (bicyclic) bond motifs is 1. The predicted octanol–water partition coefficient (Wildman–Crippen LogP) is 3.69. The Balaban J connectivity index is 1.86. The molecule has 1 aliphatic rings. The highest BCUT2D eigenvalue weighted by molar-refractivity contribution is 6.32. The zero-order valence-corrected chi connectivity index (χ0v) is 11.5. The number of hydrogen-bond acceptors (Lipinski definition) is 2. The Morgan fingerprint density at radius 3 is 2.74 bits per heavy atom. The highest BCUT2D eigenvalue weighted by Crippen LogP contribution is 2.43. The third-order valence-corrected chi connectivity index (χ3v) is 4.18. The van der Waals surface area contributed by atoms with E-state index in [1.165, 1.54) is 11.1 Å². The summed E-state index contributed by atoms with van der Waals surface area (Å²) in [6, 6.07) is 14.2. The maximum absolute atomic E-state index is 6.38. The molecule has 3 heteroatoms. The van der Waals surface area contributed by atoms with Crippen molar-refractivity contribution >= 4 is 11.6 Å². The molecule has 2 unspecified atom stereocenters. The van der Waals surface area contributed by atoms with Crippen molar-refractivity contribution in [1.29, 1.82) is 0 Å². The van der Waals surface area contributed by atoms with Gasteiger partial charge in [-0.2, -0.15) is 0 Å². The van der Waals surface area contributed by atoms with Crippen LogP contribution in [-0.2, 0) is 6.42 Å². The average Bonchev–Trinajstić information content (AvgIpc) is 2.40. The van der Waals surface area contributed by atoms with Gasteiger partial charge in [-0.15, -0.1) is 0 Å². The van der Waals surface area contributed by atoms with Crippen molar-refractivity contribution in [3.63, 3.8) is 0 Å².